The Morgan fingerprint density at radius 1 is 1.35 bits per heavy atom. The molecule has 1 aromatic heterocycles. The maximum absolute atomic E-state index is 14.6. The molecular formula is C13H15F2N2O5P. The van der Waals surface area contributed by atoms with Gasteiger partial charge >= 0.3 is 19.2 Å². The van der Waals surface area contributed by atoms with Crippen LogP contribution in [0.5, 0.6) is 0 Å². The Morgan fingerprint density at radius 3 is 2.48 bits per heavy atom. The van der Waals surface area contributed by atoms with E-state index >= 15 is 0 Å². The highest BCUT2D eigenvalue weighted by atomic mass is 31.2. The smallest absolute Gasteiger partial charge is 0.404 e. The molecule has 10 heteroatoms. The molecule has 0 saturated heterocycles. The first-order valence-corrected chi connectivity index (χ1v) is 8.30. The van der Waals surface area contributed by atoms with E-state index < -0.39 is 24.8 Å². The molecule has 7 nitrogen and oxygen atoms in total. The van der Waals surface area contributed by atoms with Crippen LogP contribution in [-0.4, -0.2) is 34.3 Å². The Labute approximate surface area is 130 Å². The van der Waals surface area contributed by atoms with Crippen LogP contribution in [0.25, 0.3) is 11.0 Å². The van der Waals surface area contributed by atoms with Crippen LogP contribution in [0.3, 0.4) is 0 Å². The number of rotatable bonds is 7. The molecule has 0 atom stereocenters. The number of aromatic amines is 1. The maximum Gasteiger partial charge on any atom is 0.404 e. The Hall–Kier alpha value is -1.83. The molecule has 0 aliphatic rings. The van der Waals surface area contributed by atoms with Gasteiger partial charge in [0.05, 0.1) is 24.2 Å². The molecule has 0 amide bonds. The number of imidazole rings is 1. The van der Waals surface area contributed by atoms with Crippen LogP contribution < -0.4 is 0 Å². The number of hydrogen-bond donors (Lipinski definition) is 2. The fraction of sp³-hybridized carbons (Fsp3) is 0.385. The molecule has 0 bridgehead atoms. The predicted molar refractivity (Wildman–Crippen MR) is 77.8 cm³/mol. The largest absolute Gasteiger partial charge is 0.475 e. The summed E-state index contributed by atoms with van der Waals surface area (Å²) in [6.45, 7) is 2.45. The Balaban J connectivity index is 2.51. The second kappa shape index (κ2) is 6.35. The third kappa shape index (κ3) is 3.12. The highest BCUT2D eigenvalue weighted by Gasteiger charge is 2.54. The minimum atomic E-state index is -4.72. The number of halogens is 2. The van der Waals surface area contributed by atoms with E-state index in [1.807, 2.05) is 0 Å². The molecule has 0 saturated carbocycles. The molecule has 23 heavy (non-hydrogen) atoms. The molecule has 0 radical (unpaired) electrons. The van der Waals surface area contributed by atoms with Crippen molar-refractivity contribution in [1.29, 1.82) is 0 Å². The first-order chi connectivity index (χ1) is 10.7. The topological polar surface area (TPSA) is 102 Å². The van der Waals surface area contributed by atoms with Crippen LogP contribution in [0.2, 0.25) is 0 Å². The zero-order chi connectivity index (χ0) is 17.3. The summed E-state index contributed by atoms with van der Waals surface area (Å²) in [5.41, 5.74) is -4.22. The van der Waals surface area contributed by atoms with E-state index in [4.69, 9.17) is 14.2 Å². The number of fused-ring (bicyclic) bond motifs is 1. The van der Waals surface area contributed by atoms with E-state index in [2.05, 4.69) is 9.97 Å². The molecule has 2 N–H and O–H groups in total. The Morgan fingerprint density at radius 2 is 1.96 bits per heavy atom. The Bertz CT molecular complexity index is 767. The summed E-state index contributed by atoms with van der Waals surface area (Å²) in [4.78, 5) is 17.0. The minimum Gasteiger partial charge on any atom is -0.475 e. The van der Waals surface area contributed by atoms with Gasteiger partial charge in [0.2, 0.25) is 5.82 Å². The highest BCUT2D eigenvalue weighted by molar-refractivity contribution is 7.54. The average molecular weight is 348 g/mol. The molecule has 126 valence electrons. The number of aromatic carboxylic acids is 1. The SMILES string of the molecule is CCOP(=O)(OCC)C(F)(F)c1ccc2nc(C(=O)O)[nH]c2c1. The third-order valence-electron chi connectivity index (χ3n) is 2.97. The van der Waals surface area contributed by atoms with Gasteiger partial charge in [0, 0.05) is 5.56 Å². The average Bonchev–Trinajstić information content (AvgIpc) is 2.90. The van der Waals surface area contributed by atoms with Crippen molar-refractivity contribution in [1.82, 2.24) is 9.97 Å². The van der Waals surface area contributed by atoms with Crippen molar-refractivity contribution in [3.8, 4) is 0 Å². The van der Waals surface area contributed by atoms with E-state index in [0.717, 1.165) is 12.1 Å². The molecule has 0 unspecified atom stereocenters. The number of nitrogens with zero attached hydrogens (tertiary/aromatic N) is 1. The van der Waals surface area contributed by atoms with Crippen molar-refractivity contribution in [2.24, 2.45) is 0 Å². The third-order valence-corrected chi connectivity index (χ3v) is 5.12. The van der Waals surface area contributed by atoms with Crippen LogP contribution in [0, 0.1) is 0 Å². The van der Waals surface area contributed by atoms with Crippen LogP contribution in [0.1, 0.15) is 30.0 Å². The van der Waals surface area contributed by atoms with Crippen LogP contribution in [0.15, 0.2) is 18.2 Å². The summed E-state index contributed by atoms with van der Waals surface area (Å²) < 4.78 is 51.0. The lowest BCUT2D eigenvalue weighted by atomic mass is 10.2. The first-order valence-electron chi connectivity index (χ1n) is 6.75. The number of H-pyrrole nitrogens is 1. The van der Waals surface area contributed by atoms with Gasteiger partial charge < -0.3 is 19.1 Å². The van der Waals surface area contributed by atoms with Crippen molar-refractivity contribution < 1.29 is 32.3 Å². The van der Waals surface area contributed by atoms with Crippen LogP contribution >= 0.6 is 7.60 Å². The van der Waals surface area contributed by atoms with E-state index in [1.54, 1.807) is 0 Å². The summed E-state index contributed by atoms with van der Waals surface area (Å²) in [6, 6.07) is 3.21. The monoisotopic (exact) mass is 348 g/mol. The van der Waals surface area contributed by atoms with Gasteiger partial charge in [-0.3, -0.25) is 4.57 Å². The normalized spacial score (nSPS) is 12.7. The fourth-order valence-corrected chi connectivity index (χ4v) is 3.53. The molecule has 0 aliphatic heterocycles. The molecule has 0 spiro atoms. The number of carboxylic acids is 1. The van der Waals surface area contributed by atoms with Gasteiger partial charge in [0.25, 0.3) is 0 Å². The zero-order valence-electron chi connectivity index (χ0n) is 12.4. The summed E-state index contributed by atoms with van der Waals surface area (Å²) >= 11 is 0. The standard InChI is InChI=1S/C13H15F2N2O5P/c1-3-21-23(20,22-4-2)13(14,15)8-5-6-9-10(7-8)17-11(16-9)12(18)19/h5-7H,3-4H2,1-2H3,(H,16,17)(H,18,19). The van der Waals surface area contributed by atoms with Crippen molar-refractivity contribution in [2.75, 3.05) is 13.2 Å². The molecule has 2 rings (SSSR count). The molecule has 0 aliphatic carbocycles. The van der Waals surface area contributed by atoms with E-state index in [-0.39, 0.29) is 30.1 Å². The van der Waals surface area contributed by atoms with E-state index in [1.165, 1.54) is 19.9 Å². The van der Waals surface area contributed by atoms with Crippen LogP contribution in [-0.2, 0) is 19.3 Å². The number of nitrogens with one attached hydrogen (secondary N) is 1. The van der Waals surface area contributed by atoms with Gasteiger partial charge in [-0.15, -0.1) is 0 Å². The molecule has 1 aromatic carbocycles. The van der Waals surface area contributed by atoms with Gasteiger partial charge in [0.1, 0.15) is 0 Å². The number of benzene rings is 1. The van der Waals surface area contributed by atoms with Gasteiger partial charge in [-0.05, 0) is 26.0 Å². The lowest BCUT2D eigenvalue weighted by molar-refractivity contribution is 0.0361. The van der Waals surface area contributed by atoms with E-state index in [9.17, 15) is 18.1 Å². The number of carboxylic acid groups (broad SMARTS) is 1. The zero-order valence-corrected chi connectivity index (χ0v) is 13.3. The molecule has 2 aromatic rings. The predicted octanol–water partition coefficient (Wildman–Crippen LogP) is 3.58. The number of carbonyl (C=O) groups is 1. The first kappa shape index (κ1) is 17.5. The van der Waals surface area contributed by atoms with Crippen molar-refractivity contribution >= 4 is 24.6 Å². The highest BCUT2D eigenvalue weighted by Crippen LogP contribution is 2.66. The number of alkyl halides is 2. The second-order valence-corrected chi connectivity index (χ2v) is 6.57. The van der Waals surface area contributed by atoms with Gasteiger partial charge in [-0.25, -0.2) is 9.78 Å². The van der Waals surface area contributed by atoms with Crippen molar-refractivity contribution in [3.05, 3.63) is 29.6 Å². The Kier molecular flexibility index (Phi) is 4.84. The number of hydrogen-bond acceptors (Lipinski definition) is 5. The quantitative estimate of drug-likeness (QED) is 0.742. The maximum atomic E-state index is 14.6. The van der Waals surface area contributed by atoms with Crippen LogP contribution in [0.4, 0.5) is 8.78 Å². The molecule has 1 heterocycles. The second-order valence-electron chi connectivity index (χ2n) is 4.50. The van der Waals surface area contributed by atoms with Crippen molar-refractivity contribution in [2.45, 2.75) is 19.5 Å². The van der Waals surface area contributed by atoms with Gasteiger partial charge in [0.15, 0.2) is 0 Å². The van der Waals surface area contributed by atoms with Gasteiger partial charge in [-0.2, -0.15) is 8.78 Å². The summed E-state index contributed by atoms with van der Waals surface area (Å²) in [6.07, 6.45) is 0. The van der Waals surface area contributed by atoms with Crippen molar-refractivity contribution in [3.63, 3.8) is 0 Å². The van der Waals surface area contributed by atoms with E-state index in [0.29, 0.717) is 0 Å². The van der Waals surface area contributed by atoms with Gasteiger partial charge in [-0.1, -0.05) is 6.07 Å². The fourth-order valence-electron chi connectivity index (χ4n) is 2.00. The molecular weight excluding hydrogens is 333 g/mol. The summed E-state index contributed by atoms with van der Waals surface area (Å²) in [7, 11) is -4.72. The lowest BCUT2D eigenvalue weighted by Crippen LogP contribution is -2.18. The molecule has 0 fully saturated rings. The summed E-state index contributed by atoms with van der Waals surface area (Å²) in [5, 5.41) is 8.86. The number of aromatic nitrogens is 2. The minimum absolute atomic E-state index is 0.0825. The lowest BCUT2D eigenvalue weighted by Gasteiger charge is -2.25. The summed E-state index contributed by atoms with van der Waals surface area (Å²) in [5.74, 6) is -1.69.